The zero-order valence-corrected chi connectivity index (χ0v) is 16.8. The molecule has 1 aliphatic rings. The standard InChI is InChI=1S/C23H26N4O2/c1-29-20-8-6-18(7-9-20)5-2-3-14-26-15-4-16-27-22(28)17-21(25-23(26)27)19-10-12-24-13-11-19/h6-13,17H,2-5,14-16H2,1H3. The first-order chi connectivity index (χ1) is 14.2. The zero-order chi connectivity index (χ0) is 20.1. The van der Waals surface area contributed by atoms with E-state index in [4.69, 9.17) is 9.72 Å². The molecule has 0 spiro atoms. The second kappa shape index (κ2) is 8.90. The Kier molecular flexibility index (Phi) is 5.89. The normalized spacial score (nSPS) is 13.2. The van der Waals surface area contributed by atoms with Gasteiger partial charge >= 0.3 is 0 Å². The summed E-state index contributed by atoms with van der Waals surface area (Å²) in [4.78, 5) is 23.8. The number of ether oxygens (including phenoxy) is 1. The van der Waals surface area contributed by atoms with Crippen molar-refractivity contribution in [2.75, 3.05) is 25.1 Å². The van der Waals surface area contributed by atoms with Crippen LogP contribution in [0.3, 0.4) is 0 Å². The van der Waals surface area contributed by atoms with Crippen molar-refractivity contribution in [1.82, 2.24) is 14.5 Å². The Labute approximate surface area is 170 Å². The van der Waals surface area contributed by atoms with Crippen LogP contribution in [0, 0.1) is 0 Å². The molecule has 0 atom stereocenters. The third-order valence-corrected chi connectivity index (χ3v) is 5.36. The molecule has 4 rings (SSSR count). The Hall–Kier alpha value is -3.15. The van der Waals surface area contributed by atoms with E-state index in [-0.39, 0.29) is 5.56 Å². The van der Waals surface area contributed by atoms with Crippen LogP contribution in [-0.4, -0.2) is 34.7 Å². The number of rotatable bonds is 7. The van der Waals surface area contributed by atoms with Crippen LogP contribution in [0.5, 0.6) is 5.75 Å². The number of nitrogens with zero attached hydrogens (tertiary/aromatic N) is 4. The van der Waals surface area contributed by atoms with E-state index in [1.165, 1.54) is 5.56 Å². The topological polar surface area (TPSA) is 60.2 Å². The third-order valence-electron chi connectivity index (χ3n) is 5.36. The lowest BCUT2D eigenvalue weighted by molar-refractivity contribution is 0.414. The fourth-order valence-corrected chi connectivity index (χ4v) is 3.77. The fourth-order valence-electron chi connectivity index (χ4n) is 3.77. The van der Waals surface area contributed by atoms with E-state index in [0.29, 0.717) is 5.69 Å². The molecule has 2 aromatic heterocycles. The Balaban J connectivity index is 1.43. The van der Waals surface area contributed by atoms with Gasteiger partial charge in [-0.2, -0.15) is 0 Å². The minimum Gasteiger partial charge on any atom is -0.497 e. The predicted molar refractivity (Wildman–Crippen MR) is 114 cm³/mol. The summed E-state index contributed by atoms with van der Waals surface area (Å²) in [5, 5.41) is 0. The van der Waals surface area contributed by atoms with Gasteiger partial charge in [-0.1, -0.05) is 12.1 Å². The molecule has 0 unspecified atom stereocenters. The van der Waals surface area contributed by atoms with Crippen LogP contribution in [0.2, 0.25) is 0 Å². The number of aromatic nitrogens is 3. The van der Waals surface area contributed by atoms with E-state index < -0.39 is 0 Å². The third kappa shape index (κ3) is 4.47. The van der Waals surface area contributed by atoms with Crippen molar-refractivity contribution >= 4 is 5.95 Å². The van der Waals surface area contributed by atoms with E-state index in [2.05, 4.69) is 22.0 Å². The van der Waals surface area contributed by atoms with Gasteiger partial charge in [0.05, 0.1) is 12.8 Å². The smallest absolute Gasteiger partial charge is 0.255 e. The number of benzene rings is 1. The van der Waals surface area contributed by atoms with Gasteiger partial charge in [-0.3, -0.25) is 14.3 Å². The number of unbranched alkanes of at least 4 members (excludes halogenated alkanes) is 1. The number of pyridine rings is 1. The van der Waals surface area contributed by atoms with Crippen LogP contribution in [0.1, 0.15) is 24.8 Å². The maximum Gasteiger partial charge on any atom is 0.255 e. The molecule has 3 aromatic rings. The number of anilines is 1. The van der Waals surface area contributed by atoms with Crippen LogP contribution in [-0.2, 0) is 13.0 Å². The highest BCUT2D eigenvalue weighted by Gasteiger charge is 2.20. The van der Waals surface area contributed by atoms with Crippen molar-refractivity contribution in [2.45, 2.75) is 32.2 Å². The maximum absolute atomic E-state index is 12.6. The Morgan fingerprint density at radius 3 is 2.59 bits per heavy atom. The summed E-state index contributed by atoms with van der Waals surface area (Å²) in [5.41, 5.74) is 2.98. The first kappa shape index (κ1) is 19.2. The molecule has 0 saturated carbocycles. The number of aryl methyl sites for hydroxylation is 1. The van der Waals surface area contributed by atoms with Crippen LogP contribution in [0.15, 0.2) is 59.7 Å². The highest BCUT2D eigenvalue weighted by atomic mass is 16.5. The molecule has 0 N–H and O–H groups in total. The average Bonchev–Trinajstić information content (AvgIpc) is 2.78. The second-order valence-electron chi connectivity index (χ2n) is 7.31. The van der Waals surface area contributed by atoms with Crippen molar-refractivity contribution < 1.29 is 4.74 Å². The van der Waals surface area contributed by atoms with Crippen LogP contribution in [0.25, 0.3) is 11.3 Å². The molecule has 3 heterocycles. The van der Waals surface area contributed by atoms with Gasteiger partial charge in [-0.15, -0.1) is 0 Å². The van der Waals surface area contributed by atoms with E-state index in [0.717, 1.165) is 62.6 Å². The summed E-state index contributed by atoms with van der Waals surface area (Å²) in [5.74, 6) is 1.68. The van der Waals surface area contributed by atoms with Crippen molar-refractivity contribution in [1.29, 1.82) is 0 Å². The molecule has 1 aromatic carbocycles. The minimum absolute atomic E-state index is 0.0183. The van der Waals surface area contributed by atoms with Crippen LogP contribution < -0.4 is 15.2 Å². The average molecular weight is 390 g/mol. The Morgan fingerprint density at radius 1 is 1.03 bits per heavy atom. The molecule has 150 valence electrons. The van der Waals surface area contributed by atoms with Crippen molar-refractivity contribution in [3.63, 3.8) is 0 Å². The predicted octanol–water partition coefficient (Wildman–Crippen LogP) is 3.55. The summed E-state index contributed by atoms with van der Waals surface area (Å²) >= 11 is 0. The van der Waals surface area contributed by atoms with Crippen LogP contribution >= 0.6 is 0 Å². The summed E-state index contributed by atoms with van der Waals surface area (Å²) in [6.45, 7) is 2.58. The van der Waals surface area contributed by atoms with Gasteiger partial charge in [-0.05, 0) is 55.5 Å². The quantitative estimate of drug-likeness (QED) is 0.578. The summed E-state index contributed by atoms with van der Waals surface area (Å²) in [6, 6.07) is 13.7. The minimum atomic E-state index is 0.0183. The summed E-state index contributed by atoms with van der Waals surface area (Å²) in [6.07, 6.45) is 7.62. The maximum atomic E-state index is 12.6. The zero-order valence-electron chi connectivity index (χ0n) is 16.8. The monoisotopic (exact) mass is 390 g/mol. The van der Waals surface area contributed by atoms with Gasteiger partial charge in [0, 0.05) is 43.7 Å². The molecule has 0 aliphatic carbocycles. The van der Waals surface area contributed by atoms with Crippen molar-refractivity contribution in [2.24, 2.45) is 0 Å². The first-order valence-electron chi connectivity index (χ1n) is 10.1. The van der Waals surface area contributed by atoms with E-state index in [9.17, 15) is 4.79 Å². The summed E-state index contributed by atoms with van der Waals surface area (Å²) < 4.78 is 7.02. The molecule has 0 saturated heterocycles. The lowest BCUT2D eigenvalue weighted by atomic mass is 10.1. The molecule has 0 amide bonds. The molecule has 1 aliphatic heterocycles. The molecule has 0 radical (unpaired) electrons. The molecule has 6 nitrogen and oxygen atoms in total. The Morgan fingerprint density at radius 2 is 1.83 bits per heavy atom. The van der Waals surface area contributed by atoms with Gasteiger partial charge in [0.1, 0.15) is 5.75 Å². The highest BCUT2D eigenvalue weighted by Crippen LogP contribution is 2.22. The first-order valence-corrected chi connectivity index (χ1v) is 10.1. The second-order valence-corrected chi connectivity index (χ2v) is 7.31. The largest absolute Gasteiger partial charge is 0.497 e. The molecule has 29 heavy (non-hydrogen) atoms. The van der Waals surface area contributed by atoms with Gasteiger partial charge in [0.2, 0.25) is 5.95 Å². The van der Waals surface area contributed by atoms with Gasteiger partial charge in [0.25, 0.3) is 5.56 Å². The number of hydrogen-bond acceptors (Lipinski definition) is 5. The SMILES string of the molecule is COc1ccc(CCCCN2CCCn3c2nc(-c2ccncc2)cc3=O)cc1. The van der Waals surface area contributed by atoms with E-state index in [1.807, 2.05) is 24.3 Å². The molecule has 6 heteroatoms. The van der Waals surface area contributed by atoms with Crippen LogP contribution in [0.4, 0.5) is 5.95 Å². The van der Waals surface area contributed by atoms with Gasteiger partial charge in [0.15, 0.2) is 0 Å². The summed E-state index contributed by atoms with van der Waals surface area (Å²) in [7, 11) is 1.69. The lowest BCUT2D eigenvalue weighted by Gasteiger charge is -2.31. The van der Waals surface area contributed by atoms with E-state index >= 15 is 0 Å². The number of hydrogen-bond donors (Lipinski definition) is 0. The molecule has 0 bridgehead atoms. The highest BCUT2D eigenvalue weighted by molar-refractivity contribution is 5.59. The van der Waals surface area contributed by atoms with Gasteiger partial charge in [-0.25, -0.2) is 4.98 Å². The van der Waals surface area contributed by atoms with Crippen molar-refractivity contribution in [3.8, 4) is 17.0 Å². The molecular formula is C23H26N4O2. The number of methoxy groups -OCH3 is 1. The van der Waals surface area contributed by atoms with Crippen molar-refractivity contribution in [3.05, 3.63) is 70.8 Å². The number of fused-ring (bicyclic) bond motifs is 1. The van der Waals surface area contributed by atoms with E-state index in [1.54, 1.807) is 30.1 Å². The lowest BCUT2D eigenvalue weighted by Crippen LogP contribution is -2.39. The molecule has 0 fully saturated rings. The Bertz CT molecular complexity index is 1000. The fraction of sp³-hybridized carbons (Fsp3) is 0.348. The van der Waals surface area contributed by atoms with Gasteiger partial charge < -0.3 is 9.64 Å². The molecular weight excluding hydrogens is 364 g/mol.